The lowest BCUT2D eigenvalue weighted by Crippen LogP contribution is -2.29. The fourth-order valence-electron chi connectivity index (χ4n) is 2.35. The molecule has 3 rings (SSSR count). The molecule has 0 unspecified atom stereocenters. The van der Waals surface area contributed by atoms with E-state index in [1.54, 1.807) is 0 Å². The van der Waals surface area contributed by atoms with E-state index in [0.717, 1.165) is 0 Å². The van der Waals surface area contributed by atoms with Crippen LogP contribution in [-0.2, 0) is 10.0 Å². The molecule has 6 nitrogen and oxygen atoms in total. The van der Waals surface area contributed by atoms with Gasteiger partial charge in [0.15, 0.2) is 0 Å². The van der Waals surface area contributed by atoms with Crippen molar-refractivity contribution in [3.05, 3.63) is 58.6 Å². The van der Waals surface area contributed by atoms with E-state index < -0.39 is 21.8 Å². The number of carbonyl (C=O) groups excluding carboxylic acids is 2. The van der Waals surface area contributed by atoms with Crippen molar-refractivity contribution in [2.75, 3.05) is 11.4 Å². The van der Waals surface area contributed by atoms with E-state index in [1.165, 1.54) is 49.5 Å². The Bertz CT molecular complexity index is 923. The first-order valence-corrected chi connectivity index (χ1v) is 8.39. The number of nitrogens with one attached hydrogen (secondary N) is 1. The highest BCUT2D eigenvalue weighted by atomic mass is 35.5. The van der Waals surface area contributed by atoms with Crippen molar-refractivity contribution in [1.82, 2.24) is 5.32 Å². The molecular formula is C15H11ClN2O4S. The van der Waals surface area contributed by atoms with Crippen LogP contribution in [0.25, 0.3) is 0 Å². The van der Waals surface area contributed by atoms with E-state index in [0.29, 0.717) is 9.33 Å². The second-order valence-electron chi connectivity index (χ2n) is 4.84. The number of halogens is 1. The highest BCUT2D eigenvalue weighted by molar-refractivity contribution is 7.94. The fraction of sp³-hybridized carbons (Fsp3) is 0.0667. The van der Waals surface area contributed by atoms with Crippen molar-refractivity contribution in [3.63, 3.8) is 0 Å². The molecule has 2 aromatic carbocycles. The van der Waals surface area contributed by atoms with Crippen molar-refractivity contribution in [3.8, 4) is 0 Å². The van der Waals surface area contributed by atoms with Gasteiger partial charge in [-0.25, -0.2) is 8.42 Å². The topological polar surface area (TPSA) is 83.6 Å². The Hall–Kier alpha value is -2.38. The van der Waals surface area contributed by atoms with Gasteiger partial charge >= 0.3 is 0 Å². The summed E-state index contributed by atoms with van der Waals surface area (Å²) in [5.74, 6) is -1.09. The number of amides is 2. The number of fused-ring (bicyclic) bond motifs is 1. The number of hydrogen-bond donors (Lipinski definition) is 1. The number of hydrogen-bond acceptors (Lipinski definition) is 4. The van der Waals surface area contributed by atoms with Crippen LogP contribution in [0.1, 0.15) is 20.7 Å². The van der Waals surface area contributed by atoms with Crippen molar-refractivity contribution in [2.45, 2.75) is 4.90 Å². The maximum Gasteiger partial charge on any atom is 0.273 e. The zero-order valence-corrected chi connectivity index (χ0v) is 13.5. The first-order valence-electron chi connectivity index (χ1n) is 6.57. The van der Waals surface area contributed by atoms with Gasteiger partial charge in [0.25, 0.3) is 21.8 Å². The van der Waals surface area contributed by atoms with Gasteiger partial charge in [0.2, 0.25) is 0 Å². The standard InChI is InChI=1S/C15H11ClN2O4S/c1-17-14(19)9-2-7-12-13(8-9)23(21,22)18(15(12)20)11-5-3-10(16)4-6-11/h2-8H,1H3,(H,17,19). The van der Waals surface area contributed by atoms with Gasteiger partial charge in [0.1, 0.15) is 4.90 Å². The van der Waals surface area contributed by atoms with Gasteiger partial charge in [0.05, 0.1) is 11.3 Å². The van der Waals surface area contributed by atoms with Gasteiger partial charge in [-0.1, -0.05) is 11.6 Å². The summed E-state index contributed by atoms with van der Waals surface area (Å²) < 4.78 is 26.1. The highest BCUT2D eigenvalue weighted by Crippen LogP contribution is 2.35. The van der Waals surface area contributed by atoms with Gasteiger partial charge in [-0.2, -0.15) is 4.31 Å². The average Bonchev–Trinajstić information content (AvgIpc) is 2.74. The Morgan fingerprint density at radius 1 is 1.13 bits per heavy atom. The lowest BCUT2D eigenvalue weighted by atomic mass is 10.1. The van der Waals surface area contributed by atoms with E-state index in [4.69, 9.17) is 11.6 Å². The molecule has 0 bridgehead atoms. The van der Waals surface area contributed by atoms with Crippen LogP contribution in [0.2, 0.25) is 5.02 Å². The molecule has 23 heavy (non-hydrogen) atoms. The Balaban J connectivity index is 2.15. The zero-order valence-electron chi connectivity index (χ0n) is 11.9. The van der Waals surface area contributed by atoms with Crippen LogP contribution < -0.4 is 9.62 Å². The third kappa shape index (κ3) is 2.38. The van der Waals surface area contributed by atoms with Gasteiger partial charge in [-0.3, -0.25) is 9.59 Å². The van der Waals surface area contributed by atoms with E-state index in [-0.39, 0.29) is 21.7 Å². The van der Waals surface area contributed by atoms with Crippen LogP contribution in [0.4, 0.5) is 5.69 Å². The Morgan fingerprint density at radius 3 is 2.39 bits per heavy atom. The molecule has 0 fully saturated rings. The van der Waals surface area contributed by atoms with Crippen LogP contribution in [0, 0.1) is 0 Å². The summed E-state index contributed by atoms with van der Waals surface area (Å²) >= 11 is 5.79. The van der Waals surface area contributed by atoms with Gasteiger partial charge < -0.3 is 5.32 Å². The molecule has 0 saturated carbocycles. The van der Waals surface area contributed by atoms with Crippen molar-refractivity contribution in [1.29, 1.82) is 0 Å². The first kappa shape index (κ1) is 15.5. The smallest absolute Gasteiger partial charge is 0.273 e. The maximum absolute atomic E-state index is 12.7. The monoisotopic (exact) mass is 350 g/mol. The lowest BCUT2D eigenvalue weighted by Gasteiger charge is -2.14. The first-order chi connectivity index (χ1) is 10.9. The molecular weight excluding hydrogens is 340 g/mol. The second-order valence-corrected chi connectivity index (χ2v) is 7.03. The Labute approximate surface area is 137 Å². The summed E-state index contributed by atoms with van der Waals surface area (Å²) in [6, 6.07) is 9.85. The molecule has 8 heteroatoms. The molecule has 1 aliphatic rings. The number of sulfonamides is 1. The summed E-state index contributed by atoms with van der Waals surface area (Å²) in [5, 5.41) is 2.84. The second kappa shape index (κ2) is 5.36. The Morgan fingerprint density at radius 2 is 1.78 bits per heavy atom. The quantitative estimate of drug-likeness (QED) is 0.898. The van der Waals surface area contributed by atoms with Gasteiger partial charge in [0, 0.05) is 17.6 Å². The third-order valence-corrected chi connectivity index (χ3v) is 5.47. The number of nitrogens with zero attached hydrogens (tertiary/aromatic N) is 1. The summed E-state index contributed by atoms with van der Waals surface area (Å²) in [6.07, 6.45) is 0. The minimum atomic E-state index is -4.07. The zero-order chi connectivity index (χ0) is 16.8. The molecule has 0 aromatic heterocycles. The van der Waals surface area contributed by atoms with Crippen LogP contribution in [-0.4, -0.2) is 27.3 Å². The normalized spacial score (nSPS) is 15.4. The molecule has 118 valence electrons. The molecule has 1 N–H and O–H groups in total. The molecule has 1 aliphatic heterocycles. The number of carbonyl (C=O) groups is 2. The third-order valence-electron chi connectivity index (χ3n) is 3.47. The molecule has 2 amide bonds. The van der Waals surface area contributed by atoms with Gasteiger partial charge in [-0.05, 0) is 42.5 Å². The van der Waals surface area contributed by atoms with Crippen molar-refractivity contribution >= 4 is 39.1 Å². The number of rotatable bonds is 2. The summed E-state index contributed by atoms with van der Waals surface area (Å²) in [7, 11) is -2.63. The molecule has 0 spiro atoms. The predicted molar refractivity (Wildman–Crippen MR) is 85.3 cm³/mol. The molecule has 1 heterocycles. The molecule has 0 aliphatic carbocycles. The largest absolute Gasteiger partial charge is 0.355 e. The Kier molecular flexibility index (Phi) is 3.62. The maximum atomic E-state index is 12.7. The SMILES string of the molecule is CNC(=O)c1ccc2c(c1)S(=O)(=O)N(c1ccc(Cl)cc1)C2=O. The lowest BCUT2D eigenvalue weighted by molar-refractivity contribution is 0.0960. The minimum Gasteiger partial charge on any atom is -0.355 e. The average molecular weight is 351 g/mol. The molecule has 0 saturated heterocycles. The summed E-state index contributed by atoms with van der Waals surface area (Å²) in [6.45, 7) is 0. The minimum absolute atomic E-state index is 0.0348. The molecule has 0 atom stereocenters. The van der Waals surface area contributed by atoms with Crippen molar-refractivity contribution in [2.24, 2.45) is 0 Å². The van der Waals surface area contributed by atoms with Crippen LogP contribution in [0.5, 0.6) is 0 Å². The van der Waals surface area contributed by atoms with Gasteiger partial charge in [-0.15, -0.1) is 0 Å². The fourth-order valence-corrected chi connectivity index (χ4v) is 4.10. The molecule has 0 radical (unpaired) electrons. The van der Waals surface area contributed by atoms with Crippen LogP contribution >= 0.6 is 11.6 Å². The van der Waals surface area contributed by atoms with Crippen LogP contribution in [0.3, 0.4) is 0 Å². The summed E-state index contributed by atoms with van der Waals surface area (Å²) in [4.78, 5) is 24.0. The molecule has 2 aromatic rings. The van der Waals surface area contributed by atoms with Crippen LogP contribution in [0.15, 0.2) is 47.4 Å². The predicted octanol–water partition coefficient (Wildman–Crippen LogP) is 2.05. The van der Waals surface area contributed by atoms with E-state index in [2.05, 4.69) is 5.32 Å². The number of anilines is 1. The van der Waals surface area contributed by atoms with Crippen molar-refractivity contribution < 1.29 is 18.0 Å². The number of benzene rings is 2. The highest BCUT2D eigenvalue weighted by Gasteiger charge is 2.42. The van der Waals surface area contributed by atoms with E-state index in [1.807, 2.05) is 0 Å². The van der Waals surface area contributed by atoms with E-state index in [9.17, 15) is 18.0 Å². The summed E-state index contributed by atoms with van der Waals surface area (Å²) in [5.41, 5.74) is 0.394. The van der Waals surface area contributed by atoms with E-state index >= 15 is 0 Å².